The van der Waals surface area contributed by atoms with Gasteiger partial charge in [0.15, 0.2) is 0 Å². The Morgan fingerprint density at radius 3 is 2.41 bits per heavy atom. The number of halogens is 9. The molecule has 2 heterocycles. The van der Waals surface area contributed by atoms with Gasteiger partial charge in [-0.15, -0.1) is 0 Å². The summed E-state index contributed by atoms with van der Waals surface area (Å²) >= 11 is 6.24. The minimum Gasteiger partial charge on any atom is -0.341 e. The fourth-order valence-electron chi connectivity index (χ4n) is 4.75. The molecule has 6 nitrogen and oxygen atoms in total. The predicted molar refractivity (Wildman–Crippen MR) is 131 cm³/mol. The molecule has 1 aliphatic rings. The molecule has 0 spiro atoms. The topological polar surface area (TPSA) is 76.0 Å². The molecule has 0 aliphatic carbocycles. The second kappa shape index (κ2) is 9.72. The number of aromatic nitrogens is 2. The van der Waals surface area contributed by atoms with E-state index in [1.54, 1.807) is 0 Å². The van der Waals surface area contributed by atoms with Crippen LogP contribution in [0, 0.1) is 11.6 Å². The van der Waals surface area contributed by atoms with Crippen molar-refractivity contribution in [3.05, 3.63) is 92.6 Å². The van der Waals surface area contributed by atoms with Crippen LogP contribution in [0.2, 0.25) is 5.02 Å². The number of alkyl halides is 6. The van der Waals surface area contributed by atoms with Crippen LogP contribution >= 0.6 is 11.6 Å². The van der Waals surface area contributed by atoms with Crippen molar-refractivity contribution in [3.8, 4) is 0 Å². The van der Waals surface area contributed by atoms with Gasteiger partial charge in [0, 0.05) is 39.8 Å². The molecule has 0 saturated heterocycles. The highest BCUT2D eigenvalue weighted by molar-refractivity contribution is 6.31. The highest BCUT2D eigenvalue weighted by atomic mass is 35.5. The molecule has 41 heavy (non-hydrogen) atoms. The van der Waals surface area contributed by atoms with Crippen LogP contribution < -0.4 is 10.6 Å². The number of carbonyl (C=O) groups excluding carboxylic acids is 2. The highest BCUT2D eigenvalue weighted by Crippen LogP contribution is 2.44. The molecule has 5 rings (SSSR count). The van der Waals surface area contributed by atoms with Crippen LogP contribution in [0.15, 0.2) is 42.5 Å². The molecule has 2 N–H and O–H groups in total. The number of nitrogens with zero attached hydrogens (tertiary/aromatic N) is 2. The summed E-state index contributed by atoms with van der Waals surface area (Å²) in [6.07, 6.45) is -11.2. The summed E-state index contributed by atoms with van der Waals surface area (Å²) in [4.78, 5) is 26.3. The fraction of sp³-hybridized carbons (Fsp3) is 0.192. The Balaban J connectivity index is 1.73. The van der Waals surface area contributed by atoms with Gasteiger partial charge < -0.3 is 10.6 Å². The van der Waals surface area contributed by atoms with E-state index in [9.17, 15) is 44.7 Å². The van der Waals surface area contributed by atoms with Gasteiger partial charge in [-0.05, 0) is 42.5 Å². The molecule has 1 atom stereocenters. The van der Waals surface area contributed by atoms with E-state index in [-0.39, 0.29) is 50.1 Å². The number of aryl methyl sites for hydroxylation is 1. The average molecular weight is 603 g/mol. The van der Waals surface area contributed by atoms with E-state index in [2.05, 4.69) is 15.7 Å². The Morgan fingerprint density at radius 1 is 1.05 bits per heavy atom. The van der Waals surface area contributed by atoms with Crippen molar-refractivity contribution >= 4 is 40.0 Å². The molecule has 0 radical (unpaired) electrons. The monoisotopic (exact) mass is 602 g/mol. The quantitative estimate of drug-likeness (QED) is 0.255. The van der Waals surface area contributed by atoms with E-state index < -0.39 is 59.4 Å². The second-order valence-corrected chi connectivity index (χ2v) is 9.63. The summed E-state index contributed by atoms with van der Waals surface area (Å²) in [5, 5.41) is 8.71. The van der Waals surface area contributed by atoms with Crippen LogP contribution in [0.3, 0.4) is 0 Å². The smallest absolute Gasteiger partial charge is 0.341 e. The van der Waals surface area contributed by atoms with E-state index in [1.165, 1.54) is 13.1 Å². The number of carbonyl (C=O) groups is 2. The lowest BCUT2D eigenvalue weighted by Crippen LogP contribution is -2.21. The van der Waals surface area contributed by atoms with Gasteiger partial charge in [-0.3, -0.25) is 14.3 Å². The van der Waals surface area contributed by atoms with Gasteiger partial charge >= 0.3 is 12.4 Å². The molecule has 0 saturated carbocycles. The van der Waals surface area contributed by atoms with Crippen molar-refractivity contribution in [2.75, 3.05) is 5.32 Å². The number of hydrogen-bond acceptors (Lipinski definition) is 3. The summed E-state index contributed by atoms with van der Waals surface area (Å²) in [6.45, 7) is 0. The molecule has 3 aromatic carbocycles. The largest absolute Gasteiger partial charge is 0.416 e. The zero-order valence-electron chi connectivity index (χ0n) is 20.4. The van der Waals surface area contributed by atoms with Crippen molar-refractivity contribution in [1.82, 2.24) is 15.1 Å². The Bertz CT molecular complexity index is 1750. The molecule has 15 heteroatoms. The minimum absolute atomic E-state index is 0.0133. The fourth-order valence-corrected chi connectivity index (χ4v) is 4.98. The first-order valence-corrected chi connectivity index (χ1v) is 12.0. The first kappa shape index (κ1) is 28.3. The standard InChI is InChI=1S/C26H15ClF8N4O2/c1-39-18(9-25(30,31)32)15-8-17(36-23(40)10-4-11(26(33,34)35)6-13(29)5-10)19-20(22(15)38-39)24(41)37-21(19)14-7-12(28)2-3-16(14)27/h2-8,21H,9H2,1H3,(H,36,40)(H,37,41)/t21-/m0/s1. The maximum Gasteiger partial charge on any atom is 0.416 e. The van der Waals surface area contributed by atoms with Gasteiger partial charge in [0.2, 0.25) is 0 Å². The molecule has 0 fully saturated rings. The van der Waals surface area contributed by atoms with Crippen LogP contribution in [-0.2, 0) is 19.6 Å². The maximum atomic E-state index is 14.2. The zero-order chi connectivity index (χ0) is 30.0. The van der Waals surface area contributed by atoms with Crippen LogP contribution in [0.1, 0.15) is 49.1 Å². The number of amides is 2. The molecule has 4 aromatic rings. The van der Waals surface area contributed by atoms with Crippen LogP contribution in [0.25, 0.3) is 10.9 Å². The van der Waals surface area contributed by atoms with Crippen molar-refractivity contribution in [1.29, 1.82) is 0 Å². The number of benzene rings is 3. The lowest BCUT2D eigenvalue weighted by molar-refractivity contribution is -0.137. The molecular formula is C26H15ClF8N4O2. The van der Waals surface area contributed by atoms with Gasteiger partial charge in [-0.1, -0.05) is 11.6 Å². The van der Waals surface area contributed by atoms with E-state index in [0.29, 0.717) is 12.1 Å². The van der Waals surface area contributed by atoms with Crippen LogP contribution in [-0.4, -0.2) is 27.8 Å². The Labute approximate surface area is 229 Å². The van der Waals surface area contributed by atoms with Crippen molar-refractivity contribution in [3.63, 3.8) is 0 Å². The molecule has 2 amide bonds. The third kappa shape index (κ3) is 5.31. The molecule has 0 unspecified atom stereocenters. The van der Waals surface area contributed by atoms with Crippen molar-refractivity contribution in [2.45, 2.75) is 24.8 Å². The van der Waals surface area contributed by atoms with Gasteiger partial charge in [-0.2, -0.15) is 31.4 Å². The molecule has 1 aromatic heterocycles. The Morgan fingerprint density at radius 2 is 1.76 bits per heavy atom. The van der Waals surface area contributed by atoms with Gasteiger partial charge in [0.05, 0.1) is 29.3 Å². The first-order chi connectivity index (χ1) is 19.0. The van der Waals surface area contributed by atoms with Gasteiger partial charge in [0.1, 0.15) is 17.2 Å². The average Bonchev–Trinajstić information content (AvgIpc) is 3.35. The van der Waals surface area contributed by atoms with E-state index >= 15 is 0 Å². The number of rotatable bonds is 4. The molecule has 1 aliphatic heterocycles. The summed E-state index contributed by atoms with van der Waals surface area (Å²) in [6, 6.07) is 4.17. The molecule has 0 bridgehead atoms. The van der Waals surface area contributed by atoms with E-state index in [1.807, 2.05) is 0 Å². The minimum atomic E-state index is -4.99. The first-order valence-electron chi connectivity index (χ1n) is 11.6. The SMILES string of the molecule is Cn1nc2c3c(c(NC(=O)c4cc(F)cc(C(F)(F)F)c4)cc2c1CC(F)(F)F)[C@H](c1cc(F)ccc1Cl)NC3=O. The second-order valence-electron chi connectivity index (χ2n) is 9.22. The van der Waals surface area contributed by atoms with Gasteiger partial charge in [0.25, 0.3) is 11.8 Å². The van der Waals surface area contributed by atoms with Crippen molar-refractivity contribution < 1.29 is 44.7 Å². The predicted octanol–water partition coefficient (Wildman–Crippen LogP) is 6.71. The van der Waals surface area contributed by atoms with Crippen LogP contribution in [0.5, 0.6) is 0 Å². The summed E-state index contributed by atoms with van der Waals surface area (Å²) in [5.41, 5.74) is -3.39. The molecular weight excluding hydrogens is 588 g/mol. The van der Waals surface area contributed by atoms with Crippen LogP contribution in [0.4, 0.5) is 40.8 Å². The number of hydrogen-bond donors (Lipinski definition) is 2. The third-order valence-electron chi connectivity index (χ3n) is 6.46. The Hall–Kier alpha value is -4.20. The lowest BCUT2D eigenvalue weighted by Gasteiger charge is -2.18. The summed E-state index contributed by atoms with van der Waals surface area (Å²) < 4.78 is 109. The molecule has 214 valence electrons. The number of anilines is 1. The lowest BCUT2D eigenvalue weighted by atomic mass is 9.93. The summed E-state index contributed by atoms with van der Waals surface area (Å²) in [5.74, 6) is -4.22. The van der Waals surface area contributed by atoms with Gasteiger partial charge in [-0.25, -0.2) is 8.78 Å². The van der Waals surface area contributed by atoms with E-state index in [4.69, 9.17) is 11.6 Å². The summed E-state index contributed by atoms with van der Waals surface area (Å²) in [7, 11) is 1.21. The number of nitrogens with one attached hydrogen (secondary N) is 2. The Kier molecular flexibility index (Phi) is 6.71. The number of fused-ring (bicyclic) bond motifs is 3. The third-order valence-corrected chi connectivity index (χ3v) is 6.80. The van der Waals surface area contributed by atoms with Crippen molar-refractivity contribution in [2.24, 2.45) is 7.05 Å². The zero-order valence-corrected chi connectivity index (χ0v) is 21.2. The highest BCUT2D eigenvalue weighted by Gasteiger charge is 2.39. The normalized spacial score (nSPS) is 15.3. The maximum absolute atomic E-state index is 14.2. The van der Waals surface area contributed by atoms with E-state index in [0.717, 1.165) is 22.9 Å².